The number of phosphoric ester groups is 1. The molecule has 300 valence electrons. The molecule has 2 unspecified atom stereocenters. The van der Waals surface area contributed by atoms with Gasteiger partial charge in [0.05, 0.1) is 6.61 Å². The van der Waals surface area contributed by atoms with Crippen LogP contribution < -0.4 is 0 Å². The van der Waals surface area contributed by atoms with Gasteiger partial charge in [0, 0.05) is 20.0 Å². The van der Waals surface area contributed by atoms with Gasteiger partial charge in [0.2, 0.25) is 0 Å². The van der Waals surface area contributed by atoms with Gasteiger partial charge in [-0.05, 0) is 64.2 Å². The molecule has 51 heavy (non-hydrogen) atoms. The van der Waals surface area contributed by atoms with Gasteiger partial charge in [-0.15, -0.1) is 0 Å². The number of esters is 2. The fourth-order valence-corrected chi connectivity index (χ4v) is 6.34. The van der Waals surface area contributed by atoms with Crippen LogP contribution in [-0.4, -0.2) is 43.3 Å². The summed E-state index contributed by atoms with van der Waals surface area (Å²) in [5, 5.41) is 0. The summed E-state index contributed by atoms with van der Waals surface area (Å²) in [6, 6.07) is 0. The molecule has 0 aliphatic carbocycles. The molecule has 0 aliphatic heterocycles. The molecule has 8 nitrogen and oxygen atoms in total. The Morgan fingerprint density at radius 2 is 0.882 bits per heavy atom. The van der Waals surface area contributed by atoms with Gasteiger partial charge >= 0.3 is 19.8 Å². The Labute approximate surface area is 313 Å². The first-order chi connectivity index (χ1) is 24.8. The minimum absolute atomic E-state index is 0.229. The van der Waals surface area contributed by atoms with Gasteiger partial charge in [0.25, 0.3) is 0 Å². The highest BCUT2D eigenvalue weighted by atomic mass is 31.2. The van der Waals surface area contributed by atoms with Gasteiger partial charge in [0.1, 0.15) is 6.61 Å². The summed E-state index contributed by atoms with van der Waals surface area (Å²) in [6.07, 6.45) is 42.2. The van der Waals surface area contributed by atoms with Crippen molar-refractivity contribution in [2.45, 2.75) is 213 Å². The topological polar surface area (TPSA) is 108 Å². The van der Waals surface area contributed by atoms with Crippen LogP contribution in [0.3, 0.4) is 0 Å². The quantitative estimate of drug-likeness (QED) is 0.0287. The molecule has 0 saturated heterocycles. The molecular formula is C42H79O8P. The van der Waals surface area contributed by atoms with Crippen LogP contribution in [0.1, 0.15) is 206 Å². The summed E-state index contributed by atoms with van der Waals surface area (Å²) >= 11 is 0. The number of hydrogen-bond acceptors (Lipinski definition) is 7. The predicted molar refractivity (Wildman–Crippen MR) is 212 cm³/mol. The largest absolute Gasteiger partial charge is 0.472 e. The fourth-order valence-electron chi connectivity index (χ4n) is 5.88. The number of allylic oxidation sites excluding steroid dienone is 4. The molecule has 0 aromatic carbocycles. The normalized spacial score (nSPS) is 13.6. The molecule has 0 amide bonds. The first-order valence-electron chi connectivity index (χ1n) is 21.0. The monoisotopic (exact) mass is 743 g/mol. The molecule has 0 rings (SSSR count). The van der Waals surface area contributed by atoms with Crippen LogP contribution in [0.25, 0.3) is 0 Å². The molecule has 0 heterocycles. The van der Waals surface area contributed by atoms with Crippen molar-refractivity contribution >= 4 is 19.8 Å². The first kappa shape index (κ1) is 49.5. The molecule has 0 aromatic rings. The molecule has 0 fully saturated rings. The van der Waals surface area contributed by atoms with Crippen molar-refractivity contribution < 1.29 is 37.6 Å². The standard InChI is InChI=1S/C42H79O8P/c1-4-6-8-10-12-14-16-18-20-21-22-23-25-27-29-31-33-35-37-42(44)50-40(39-49-51(45,46)47-3)38-48-41(43)36-34-32-30-28-26-24-19-17-15-13-11-9-7-5-2/h17,19-21,40H,4-16,18,22-39H2,1-3H3,(H,45,46)/b19-17-,21-20-. The van der Waals surface area contributed by atoms with Crippen LogP contribution in [-0.2, 0) is 32.7 Å². The maximum atomic E-state index is 12.5. The second-order valence-corrected chi connectivity index (χ2v) is 15.7. The molecule has 0 radical (unpaired) electrons. The van der Waals surface area contributed by atoms with E-state index in [0.717, 1.165) is 71.3 Å². The number of rotatable bonds is 39. The van der Waals surface area contributed by atoms with E-state index >= 15 is 0 Å². The van der Waals surface area contributed by atoms with E-state index in [9.17, 15) is 19.0 Å². The van der Waals surface area contributed by atoms with Crippen molar-refractivity contribution in [1.82, 2.24) is 0 Å². The maximum absolute atomic E-state index is 12.5. The zero-order valence-electron chi connectivity index (χ0n) is 33.3. The van der Waals surface area contributed by atoms with Crippen LogP contribution in [0.4, 0.5) is 0 Å². The molecule has 0 aromatic heterocycles. The molecule has 2 atom stereocenters. The zero-order valence-corrected chi connectivity index (χ0v) is 34.2. The second-order valence-electron chi connectivity index (χ2n) is 14.1. The van der Waals surface area contributed by atoms with Gasteiger partial charge < -0.3 is 14.4 Å². The Morgan fingerprint density at radius 3 is 1.27 bits per heavy atom. The lowest BCUT2D eigenvalue weighted by atomic mass is 10.1. The van der Waals surface area contributed by atoms with Gasteiger partial charge in [0.15, 0.2) is 6.10 Å². The second kappa shape index (κ2) is 38.3. The van der Waals surface area contributed by atoms with E-state index in [2.05, 4.69) is 42.7 Å². The molecule has 1 N–H and O–H groups in total. The molecular weight excluding hydrogens is 663 g/mol. The lowest BCUT2D eigenvalue weighted by Crippen LogP contribution is -2.29. The Kier molecular flexibility index (Phi) is 37.2. The minimum Gasteiger partial charge on any atom is -0.462 e. The Hall–Kier alpha value is -1.47. The Balaban J connectivity index is 4.01. The number of hydrogen-bond donors (Lipinski definition) is 1. The summed E-state index contributed by atoms with van der Waals surface area (Å²) in [5.74, 6) is -0.814. The summed E-state index contributed by atoms with van der Waals surface area (Å²) in [4.78, 5) is 34.4. The summed E-state index contributed by atoms with van der Waals surface area (Å²) in [6.45, 7) is 3.87. The van der Waals surface area contributed by atoms with Gasteiger partial charge in [-0.25, -0.2) is 4.57 Å². The van der Waals surface area contributed by atoms with Gasteiger partial charge in [-0.3, -0.25) is 18.6 Å². The third-order valence-corrected chi connectivity index (χ3v) is 10.1. The number of ether oxygens (including phenoxy) is 2. The average Bonchev–Trinajstić information content (AvgIpc) is 3.12. The van der Waals surface area contributed by atoms with E-state index in [4.69, 9.17) is 14.0 Å². The number of unbranched alkanes of at least 4 members (excludes halogenated alkanes) is 24. The Bertz CT molecular complexity index is 890. The van der Waals surface area contributed by atoms with Gasteiger partial charge in [-0.1, -0.05) is 154 Å². The molecule has 0 bridgehead atoms. The van der Waals surface area contributed by atoms with Crippen molar-refractivity contribution in [2.75, 3.05) is 20.3 Å². The lowest BCUT2D eigenvalue weighted by Gasteiger charge is -2.19. The molecule has 0 saturated carbocycles. The van der Waals surface area contributed by atoms with Crippen LogP contribution >= 0.6 is 7.82 Å². The Morgan fingerprint density at radius 1 is 0.529 bits per heavy atom. The zero-order chi connectivity index (χ0) is 37.5. The maximum Gasteiger partial charge on any atom is 0.472 e. The van der Waals surface area contributed by atoms with Crippen molar-refractivity contribution in [2.24, 2.45) is 0 Å². The van der Waals surface area contributed by atoms with Crippen LogP contribution in [0.5, 0.6) is 0 Å². The highest BCUT2D eigenvalue weighted by Crippen LogP contribution is 2.42. The van der Waals surface area contributed by atoms with Crippen molar-refractivity contribution in [1.29, 1.82) is 0 Å². The third-order valence-electron chi connectivity index (χ3n) is 9.17. The van der Waals surface area contributed by atoms with E-state index in [-0.39, 0.29) is 25.4 Å². The van der Waals surface area contributed by atoms with Crippen LogP contribution in [0.2, 0.25) is 0 Å². The fraction of sp³-hybridized carbons (Fsp3) is 0.857. The molecule has 0 aliphatic rings. The third kappa shape index (κ3) is 38.1. The van der Waals surface area contributed by atoms with E-state index in [0.29, 0.717) is 6.42 Å². The SMILES string of the molecule is CCCCCCC/C=C\CCCCCCCC(=O)OCC(COP(=O)(O)OC)OC(=O)CCCCCCCCC/C=C\CCCCCCCCC. The van der Waals surface area contributed by atoms with Crippen LogP contribution in [0, 0.1) is 0 Å². The number of carbonyl (C=O) groups is 2. The molecule has 9 heteroatoms. The number of carbonyl (C=O) groups excluding carboxylic acids is 2. The van der Waals surface area contributed by atoms with Crippen LogP contribution in [0.15, 0.2) is 24.3 Å². The van der Waals surface area contributed by atoms with E-state index in [1.54, 1.807) is 0 Å². The molecule has 0 spiro atoms. The highest BCUT2D eigenvalue weighted by molar-refractivity contribution is 7.47. The number of phosphoric acid groups is 1. The van der Waals surface area contributed by atoms with E-state index < -0.39 is 26.5 Å². The lowest BCUT2D eigenvalue weighted by molar-refractivity contribution is -0.161. The van der Waals surface area contributed by atoms with E-state index in [1.807, 2.05) is 0 Å². The highest BCUT2D eigenvalue weighted by Gasteiger charge is 2.24. The average molecular weight is 743 g/mol. The van der Waals surface area contributed by atoms with Gasteiger partial charge in [-0.2, -0.15) is 0 Å². The summed E-state index contributed by atoms with van der Waals surface area (Å²) in [5.41, 5.74) is 0. The van der Waals surface area contributed by atoms with Crippen molar-refractivity contribution in [3.8, 4) is 0 Å². The van der Waals surface area contributed by atoms with Crippen molar-refractivity contribution in [3.05, 3.63) is 24.3 Å². The first-order valence-corrected chi connectivity index (χ1v) is 22.5. The van der Waals surface area contributed by atoms with Crippen molar-refractivity contribution in [3.63, 3.8) is 0 Å². The van der Waals surface area contributed by atoms with E-state index in [1.165, 1.54) is 109 Å². The minimum atomic E-state index is -4.26. The predicted octanol–water partition coefficient (Wildman–Crippen LogP) is 13.1. The summed E-state index contributed by atoms with van der Waals surface area (Å²) < 4.78 is 31.9. The smallest absolute Gasteiger partial charge is 0.462 e. The summed E-state index contributed by atoms with van der Waals surface area (Å²) in [7, 11) is -3.20.